The van der Waals surface area contributed by atoms with Crippen molar-refractivity contribution in [3.8, 4) is 0 Å². The van der Waals surface area contributed by atoms with Gasteiger partial charge in [0.05, 0.1) is 0 Å². The second kappa shape index (κ2) is 7.09. The highest BCUT2D eigenvalue weighted by Crippen LogP contribution is 2.30. The van der Waals surface area contributed by atoms with Crippen LogP contribution in [0, 0.1) is 0 Å². The molecule has 0 saturated carbocycles. The summed E-state index contributed by atoms with van der Waals surface area (Å²) >= 11 is 0. The van der Waals surface area contributed by atoms with Crippen LogP contribution in [0.25, 0.3) is 0 Å². The van der Waals surface area contributed by atoms with Crippen LogP contribution in [0.15, 0.2) is 36.5 Å². The van der Waals surface area contributed by atoms with E-state index in [1.54, 1.807) is 12.3 Å². The Morgan fingerprint density at radius 1 is 1.17 bits per heavy atom. The van der Waals surface area contributed by atoms with Crippen molar-refractivity contribution in [3.63, 3.8) is 0 Å². The van der Waals surface area contributed by atoms with Gasteiger partial charge in [0.2, 0.25) is 0 Å². The molecule has 0 spiro atoms. The number of piperazine rings is 1. The van der Waals surface area contributed by atoms with Crippen LogP contribution < -0.4 is 10.2 Å². The first-order valence-corrected chi connectivity index (χ1v) is 8.57. The van der Waals surface area contributed by atoms with Crippen molar-refractivity contribution in [1.29, 1.82) is 0 Å². The molecule has 5 heteroatoms. The summed E-state index contributed by atoms with van der Waals surface area (Å²) < 4.78 is 0. The SMILES string of the molecule is CC(C)c1ccc(N2CCN(C)CC2)cc1NC(=O)c1ccc[nH]1. The average Bonchev–Trinajstić information content (AvgIpc) is 3.10. The fourth-order valence-electron chi connectivity index (χ4n) is 3.08. The summed E-state index contributed by atoms with van der Waals surface area (Å²) in [4.78, 5) is 20.1. The Labute approximate surface area is 143 Å². The minimum Gasteiger partial charge on any atom is -0.369 e. The van der Waals surface area contributed by atoms with Gasteiger partial charge in [0.15, 0.2) is 0 Å². The van der Waals surface area contributed by atoms with E-state index in [4.69, 9.17) is 0 Å². The molecular formula is C19H26N4O. The van der Waals surface area contributed by atoms with Crippen LogP contribution in [0.1, 0.15) is 35.8 Å². The Morgan fingerprint density at radius 3 is 2.54 bits per heavy atom. The third-order valence-electron chi connectivity index (χ3n) is 4.62. The highest BCUT2D eigenvalue weighted by Gasteiger charge is 2.17. The van der Waals surface area contributed by atoms with E-state index in [0.717, 1.165) is 37.4 Å². The van der Waals surface area contributed by atoms with Gasteiger partial charge < -0.3 is 20.1 Å². The molecule has 2 N–H and O–H groups in total. The van der Waals surface area contributed by atoms with E-state index in [9.17, 15) is 4.79 Å². The Morgan fingerprint density at radius 2 is 1.92 bits per heavy atom. The van der Waals surface area contributed by atoms with Gasteiger partial charge in [0.1, 0.15) is 5.69 Å². The number of hydrogen-bond acceptors (Lipinski definition) is 3. The molecule has 1 aliphatic rings. The third-order valence-corrected chi connectivity index (χ3v) is 4.62. The van der Waals surface area contributed by atoms with Gasteiger partial charge in [-0.2, -0.15) is 0 Å². The summed E-state index contributed by atoms with van der Waals surface area (Å²) in [7, 11) is 2.15. The molecule has 5 nitrogen and oxygen atoms in total. The van der Waals surface area contributed by atoms with Gasteiger partial charge in [0.25, 0.3) is 5.91 Å². The summed E-state index contributed by atoms with van der Waals surface area (Å²) in [6.45, 7) is 8.46. The molecule has 2 aromatic rings. The summed E-state index contributed by atoms with van der Waals surface area (Å²) in [5.41, 5.74) is 3.82. The third kappa shape index (κ3) is 3.62. The molecule has 24 heavy (non-hydrogen) atoms. The Kier molecular flexibility index (Phi) is 4.90. The number of likely N-dealkylation sites (N-methyl/N-ethyl adjacent to an activating group) is 1. The number of H-pyrrole nitrogens is 1. The molecule has 0 radical (unpaired) electrons. The van der Waals surface area contributed by atoms with Gasteiger partial charge in [-0.1, -0.05) is 19.9 Å². The van der Waals surface area contributed by atoms with Gasteiger partial charge in [0, 0.05) is 43.8 Å². The molecule has 1 saturated heterocycles. The van der Waals surface area contributed by atoms with Crippen molar-refractivity contribution in [1.82, 2.24) is 9.88 Å². The lowest BCUT2D eigenvalue weighted by atomic mass is 10.00. The Hall–Kier alpha value is -2.27. The molecular weight excluding hydrogens is 300 g/mol. The molecule has 1 aliphatic heterocycles. The molecule has 0 atom stereocenters. The number of nitrogens with zero attached hydrogens (tertiary/aromatic N) is 2. The van der Waals surface area contributed by atoms with E-state index in [-0.39, 0.29) is 5.91 Å². The topological polar surface area (TPSA) is 51.4 Å². The number of anilines is 2. The van der Waals surface area contributed by atoms with Crippen molar-refractivity contribution in [2.45, 2.75) is 19.8 Å². The quantitative estimate of drug-likeness (QED) is 0.907. The fraction of sp³-hybridized carbons (Fsp3) is 0.421. The molecule has 3 rings (SSSR count). The molecule has 1 aromatic carbocycles. The molecule has 128 valence electrons. The van der Waals surface area contributed by atoms with Crippen molar-refractivity contribution in [3.05, 3.63) is 47.8 Å². The molecule has 1 fully saturated rings. The monoisotopic (exact) mass is 326 g/mol. The van der Waals surface area contributed by atoms with Crippen LogP contribution in [-0.4, -0.2) is 49.0 Å². The van der Waals surface area contributed by atoms with Crippen molar-refractivity contribution >= 4 is 17.3 Å². The number of amides is 1. The smallest absolute Gasteiger partial charge is 0.272 e. The number of nitrogens with one attached hydrogen (secondary N) is 2. The maximum absolute atomic E-state index is 12.4. The predicted molar refractivity (Wildman–Crippen MR) is 99.0 cm³/mol. The van der Waals surface area contributed by atoms with Gasteiger partial charge in [-0.15, -0.1) is 0 Å². The second-order valence-electron chi connectivity index (χ2n) is 6.75. The minimum absolute atomic E-state index is 0.0996. The molecule has 2 heterocycles. The lowest BCUT2D eigenvalue weighted by Gasteiger charge is -2.34. The lowest BCUT2D eigenvalue weighted by Crippen LogP contribution is -2.44. The molecule has 1 amide bonds. The van der Waals surface area contributed by atoms with Crippen molar-refractivity contribution in [2.75, 3.05) is 43.4 Å². The maximum atomic E-state index is 12.4. The van der Waals surface area contributed by atoms with Crippen LogP contribution in [0.4, 0.5) is 11.4 Å². The van der Waals surface area contributed by atoms with Gasteiger partial charge >= 0.3 is 0 Å². The van der Waals surface area contributed by atoms with Gasteiger partial charge in [-0.3, -0.25) is 4.79 Å². The Balaban J connectivity index is 1.84. The van der Waals surface area contributed by atoms with E-state index in [1.165, 1.54) is 5.69 Å². The van der Waals surface area contributed by atoms with Crippen LogP contribution in [0.2, 0.25) is 0 Å². The fourth-order valence-corrected chi connectivity index (χ4v) is 3.08. The summed E-state index contributed by atoms with van der Waals surface area (Å²) in [5.74, 6) is 0.253. The summed E-state index contributed by atoms with van der Waals surface area (Å²) in [5, 5.41) is 3.08. The van der Waals surface area contributed by atoms with Crippen LogP contribution in [-0.2, 0) is 0 Å². The van der Waals surface area contributed by atoms with E-state index in [0.29, 0.717) is 11.6 Å². The number of carbonyl (C=O) groups is 1. The van der Waals surface area contributed by atoms with E-state index in [2.05, 4.69) is 59.2 Å². The number of carbonyl (C=O) groups excluding carboxylic acids is 1. The van der Waals surface area contributed by atoms with Crippen molar-refractivity contribution < 1.29 is 4.79 Å². The zero-order valence-corrected chi connectivity index (χ0v) is 14.7. The lowest BCUT2D eigenvalue weighted by molar-refractivity contribution is 0.102. The second-order valence-corrected chi connectivity index (χ2v) is 6.75. The standard InChI is InChI=1S/C19H26N4O/c1-14(2)16-7-6-15(23-11-9-22(3)10-12-23)13-18(16)21-19(24)17-5-4-8-20-17/h4-8,13-14,20H,9-12H2,1-3H3,(H,21,24). The Bertz CT molecular complexity index is 685. The zero-order chi connectivity index (χ0) is 17.1. The molecule has 1 aromatic heterocycles. The molecule has 0 aliphatic carbocycles. The molecule has 0 bridgehead atoms. The van der Waals surface area contributed by atoms with Crippen LogP contribution in [0.3, 0.4) is 0 Å². The van der Waals surface area contributed by atoms with E-state index in [1.807, 2.05) is 6.07 Å². The van der Waals surface area contributed by atoms with Crippen molar-refractivity contribution in [2.24, 2.45) is 0 Å². The van der Waals surface area contributed by atoms with E-state index < -0.39 is 0 Å². The van der Waals surface area contributed by atoms with Crippen LogP contribution in [0.5, 0.6) is 0 Å². The number of aromatic amines is 1. The van der Waals surface area contributed by atoms with E-state index >= 15 is 0 Å². The number of rotatable bonds is 4. The average molecular weight is 326 g/mol. The number of hydrogen-bond donors (Lipinski definition) is 2. The first kappa shape index (κ1) is 16.6. The van der Waals surface area contributed by atoms with Gasteiger partial charge in [-0.25, -0.2) is 0 Å². The number of benzene rings is 1. The molecule has 0 unspecified atom stereocenters. The number of aromatic nitrogens is 1. The largest absolute Gasteiger partial charge is 0.369 e. The zero-order valence-electron chi connectivity index (χ0n) is 14.7. The summed E-state index contributed by atoms with van der Waals surface area (Å²) in [6, 6.07) is 10.0. The summed E-state index contributed by atoms with van der Waals surface area (Å²) in [6.07, 6.45) is 1.76. The maximum Gasteiger partial charge on any atom is 0.272 e. The highest BCUT2D eigenvalue weighted by atomic mass is 16.1. The normalized spacial score (nSPS) is 15.8. The van der Waals surface area contributed by atoms with Crippen LogP contribution >= 0.6 is 0 Å². The predicted octanol–water partition coefficient (Wildman–Crippen LogP) is 3.14. The first-order chi connectivity index (χ1) is 11.5. The highest BCUT2D eigenvalue weighted by molar-refractivity contribution is 6.03. The van der Waals surface area contributed by atoms with Gasteiger partial charge in [-0.05, 0) is 42.8 Å². The minimum atomic E-state index is -0.0996. The first-order valence-electron chi connectivity index (χ1n) is 8.57.